The SMILES string of the molecule is Cn1cc(N)c(C(=O)NCCOCCOc2cc(-c3nc(C(=O)O)cs3)ccn2)n1. The van der Waals surface area contributed by atoms with Crippen molar-refractivity contribution < 1.29 is 24.2 Å². The summed E-state index contributed by atoms with van der Waals surface area (Å²) in [4.78, 5) is 31.1. The number of carbonyl (C=O) groups excluding carboxylic acids is 1. The zero-order valence-electron chi connectivity index (χ0n) is 16.1. The van der Waals surface area contributed by atoms with Crippen molar-refractivity contribution in [3.05, 3.63) is 41.3 Å². The standard InChI is InChI=1S/C18H20N6O5S/c1-24-9-12(19)15(23-24)16(25)21-4-5-28-6-7-29-14-8-11(2-3-20-14)17-22-13(10-30-17)18(26)27/h2-3,8-10H,4-7,19H2,1H3,(H,21,25)(H,26,27). The van der Waals surface area contributed by atoms with Gasteiger partial charge < -0.3 is 25.6 Å². The van der Waals surface area contributed by atoms with Gasteiger partial charge in [0.15, 0.2) is 11.4 Å². The number of aromatic carboxylic acids is 1. The molecule has 0 aromatic carbocycles. The van der Waals surface area contributed by atoms with Crippen LogP contribution in [-0.2, 0) is 11.8 Å². The van der Waals surface area contributed by atoms with E-state index < -0.39 is 5.97 Å². The van der Waals surface area contributed by atoms with Gasteiger partial charge in [-0.3, -0.25) is 9.48 Å². The Morgan fingerprint density at radius 2 is 2.17 bits per heavy atom. The van der Waals surface area contributed by atoms with Gasteiger partial charge in [0.25, 0.3) is 5.91 Å². The summed E-state index contributed by atoms with van der Waals surface area (Å²) in [6.45, 7) is 1.16. The second kappa shape index (κ2) is 9.80. The summed E-state index contributed by atoms with van der Waals surface area (Å²) in [6, 6.07) is 3.41. The fourth-order valence-electron chi connectivity index (χ4n) is 2.44. The van der Waals surface area contributed by atoms with Crippen LogP contribution in [0.2, 0.25) is 0 Å². The summed E-state index contributed by atoms with van der Waals surface area (Å²) in [5, 5.41) is 17.7. The average Bonchev–Trinajstić information content (AvgIpc) is 3.34. The minimum absolute atomic E-state index is 0.000466. The number of nitrogens with one attached hydrogen (secondary N) is 1. The molecule has 3 aromatic rings. The number of hydrogen-bond acceptors (Lipinski definition) is 9. The summed E-state index contributed by atoms with van der Waals surface area (Å²) in [7, 11) is 1.69. The molecule has 3 heterocycles. The number of rotatable bonds is 10. The first-order valence-corrected chi connectivity index (χ1v) is 9.75. The van der Waals surface area contributed by atoms with Crippen LogP contribution in [0.3, 0.4) is 0 Å². The highest BCUT2D eigenvalue weighted by atomic mass is 32.1. The molecule has 0 aliphatic heterocycles. The van der Waals surface area contributed by atoms with Crippen LogP contribution in [0.25, 0.3) is 10.6 Å². The van der Waals surface area contributed by atoms with E-state index in [4.69, 9.17) is 20.3 Å². The molecule has 12 heteroatoms. The molecular formula is C18H20N6O5S. The Balaban J connectivity index is 1.37. The van der Waals surface area contributed by atoms with Gasteiger partial charge in [0.2, 0.25) is 5.88 Å². The first-order chi connectivity index (χ1) is 14.4. The van der Waals surface area contributed by atoms with Gasteiger partial charge in [0.1, 0.15) is 11.6 Å². The lowest BCUT2D eigenvalue weighted by Crippen LogP contribution is -2.28. The molecule has 4 N–H and O–H groups in total. The number of thiazole rings is 1. The maximum Gasteiger partial charge on any atom is 0.355 e. The monoisotopic (exact) mass is 432 g/mol. The minimum atomic E-state index is -1.07. The number of pyridine rings is 1. The third kappa shape index (κ3) is 5.52. The highest BCUT2D eigenvalue weighted by Gasteiger charge is 2.13. The lowest BCUT2D eigenvalue weighted by molar-refractivity contribution is 0.0691. The molecule has 30 heavy (non-hydrogen) atoms. The van der Waals surface area contributed by atoms with Crippen LogP contribution >= 0.6 is 11.3 Å². The minimum Gasteiger partial charge on any atom is -0.476 e. The molecule has 0 bridgehead atoms. The van der Waals surface area contributed by atoms with Crippen molar-refractivity contribution in [3.8, 4) is 16.5 Å². The van der Waals surface area contributed by atoms with Crippen LogP contribution in [0.4, 0.5) is 5.69 Å². The molecule has 0 fully saturated rings. The highest BCUT2D eigenvalue weighted by Crippen LogP contribution is 2.25. The van der Waals surface area contributed by atoms with E-state index in [2.05, 4.69) is 20.4 Å². The first kappa shape index (κ1) is 21.2. The maximum atomic E-state index is 11.9. The molecule has 0 saturated carbocycles. The van der Waals surface area contributed by atoms with Crippen molar-refractivity contribution in [1.29, 1.82) is 0 Å². The van der Waals surface area contributed by atoms with Gasteiger partial charge in [-0.1, -0.05) is 0 Å². The van der Waals surface area contributed by atoms with Gasteiger partial charge in [-0.25, -0.2) is 14.8 Å². The molecule has 0 aliphatic carbocycles. The van der Waals surface area contributed by atoms with E-state index in [0.29, 0.717) is 36.3 Å². The molecule has 0 saturated heterocycles. The number of nitrogen functional groups attached to an aromatic ring is 1. The fourth-order valence-corrected chi connectivity index (χ4v) is 3.23. The number of aryl methyl sites for hydroxylation is 1. The zero-order chi connectivity index (χ0) is 21.5. The molecule has 3 rings (SSSR count). The lowest BCUT2D eigenvalue weighted by atomic mass is 10.3. The fraction of sp³-hybridized carbons (Fsp3) is 0.278. The number of carboxylic acids is 1. The molecule has 158 valence electrons. The number of aromatic nitrogens is 4. The Morgan fingerprint density at radius 3 is 2.87 bits per heavy atom. The van der Waals surface area contributed by atoms with Crippen molar-refractivity contribution in [3.63, 3.8) is 0 Å². The number of nitrogens with two attached hydrogens (primary N) is 1. The molecule has 0 aliphatic rings. The van der Waals surface area contributed by atoms with Crippen molar-refractivity contribution >= 4 is 28.9 Å². The van der Waals surface area contributed by atoms with Crippen molar-refractivity contribution in [2.75, 3.05) is 32.1 Å². The molecule has 3 aromatic heterocycles. The van der Waals surface area contributed by atoms with E-state index in [-0.39, 0.29) is 23.9 Å². The van der Waals surface area contributed by atoms with Gasteiger partial charge in [0, 0.05) is 43.0 Å². The van der Waals surface area contributed by atoms with E-state index in [1.165, 1.54) is 21.4 Å². The Bertz CT molecular complexity index is 1030. The second-order valence-corrected chi connectivity index (χ2v) is 6.91. The average molecular weight is 432 g/mol. The predicted molar refractivity (Wildman–Crippen MR) is 109 cm³/mol. The van der Waals surface area contributed by atoms with Gasteiger partial charge in [0.05, 0.1) is 18.9 Å². The summed E-state index contributed by atoms with van der Waals surface area (Å²) < 4.78 is 12.4. The largest absolute Gasteiger partial charge is 0.476 e. The number of carboxylic acid groups (broad SMARTS) is 1. The highest BCUT2D eigenvalue weighted by molar-refractivity contribution is 7.13. The van der Waals surface area contributed by atoms with Gasteiger partial charge in [-0.05, 0) is 6.07 Å². The Hall–Kier alpha value is -3.51. The van der Waals surface area contributed by atoms with Crippen LogP contribution in [0.1, 0.15) is 21.0 Å². The second-order valence-electron chi connectivity index (χ2n) is 6.05. The van der Waals surface area contributed by atoms with Crippen LogP contribution < -0.4 is 15.8 Å². The van der Waals surface area contributed by atoms with Crippen molar-refractivity contribution in [2.45, 2.75) is 0 Å². The molecule has 11 nitrogen and oxygen atoms in total. The lowest BCUT2D eigenvalue weighted by Gasteiger charge is -2.08. The zero-order valence-corrected chi connectivity index (χ0v) is 16.9. The summed E-state index contributed by atoms with van der Waals surface area (Å²) in [5.74, 6) is -1.05. The Kier molecular flexibility index (Phi) is 6.93. The van der Waals surface area contributed by atoms with Crippen LogP contribution in [0.5, 0.6) is 5.88 Å². The van der Waals surface area contributed by atoms with Gasteiger partial charge in [-0.2, -0.15) is 5.10 Å². The van der Waals surface area contributed by atoms with E-state index in [1.807, 2.05) is 0 Å². The Morgan fingerprint density at radius 1 is 1.33 bits per heavy atom. The quantitative estimate of drug-likeness (QED) is 0.399. The number of nitrogens with zero attached hydrogens (tertiary/aromatic N) is 4. The molecule has 0 unspecified atom stereocenters. The van der Waals surface area contributed by atoms with E-state index in [1.54, 1.807) is 31.6 Å². The molecule has 1 amide bonds. The number of ether oxygens (including phenoxy) is 2. The summed E-state index contributed by atoms with van der Waals surface area (Å²) in [5.41, 5.74) is 6.92. The smallest absolute Gasteiger partial charge is 0.355 e. The first-order valence-electron chi connectivity index (χ1n) is 8.87. The number of anilines is 1. The number of hydrogen-bond donors (Lipinski definition) is 3. The maximum absolute atomic E-state index is 11.9. The third-order valence-electron chi connectivity index (χ3n) is 3.79. The number of carbonyl (C=O) groups is 2. The van der Waals surface area contributed by atoms with Gasteiger partial charge in [-0.15, -0.1) is 11.3 Å². The van der Waals surface area contributed by atoms with E-state index in [9.17, 15) is 9.59 Å². The van der Waals surface area contributed by atoms with Gasteiger partial charge >= 0.3 is 5.97 Å². The van der Waals surface area contributed by atoms with Crippen molar-refractivity contribution in [1.82, 2.24) is 25.1 Å². The van der Waals surface area contributed by atoms with Crippen molar-refractivity contribution in [2.24, 2.45) is 7.05 Å². The van der Waals surface area contributed by atoms with E-state index in [0.717, 1.165) is 5.56 Å². The summed E-state index contributed by atoms with van der Waals surface area (Å²) in [6.07, 6.45) is 3.12. The Labute approximate surface area is 175 Å². The van der Waals surface area contributed by atoms with Crippen LogP contribution in [0, 0.1) is 0 Å². The van der Waals surface area contributed by atoms with E-state index >= 15 is 0 Å². The molecule has 0 radical (unpaired) electrons. The molecular weight excluding hydrogens is 412 g/mol. The predicted octanol–water partition coefficient (Wildman–Crippen LogP) is 1.04. The van der Waals surface area contributed by atoms with Crippen LogP contribution in [-0.4, -0.2) is 63.1 Å². The summed E-state index contributed by atoms with van der Waals surface area (Å²) >= 11 is 1.23. The third-order valence-corrected chi connectivity index (χ3v) is 4.68. The normalized spacial score (nSPS) is 10.7. The number of amides is 1. The van der Waals surface area contributed by atoms with Crippen LogP contribution in [0.15, 0.2) is 29.9 Å². The topological polar surface area (TPSA) is 154 Å². The molecule has 0 atom stereocenters. The molecule has 0 spiro atoms.